The van der Waals surface area contributed by atoms with Crippen LogP contribution >= 0.6 is 0 Å². The first-order chi connectivity index (χ1) is 19.7. The summed E-state index contributed by atoms with van der Waals surface area (Å²) in [5.41, 5.74) is -1.32. The lowest BCUT2D eigenvalue weighted by molar-refractivity contribution is -0.182. The van der Waals surface area contributed by atoms with E-state index in [2.05, 4.69) is 10.3 Å². The van der Waals surface area contributed by atoms with Crippen LogP contribution in [0.3, 0.4) is 0 Å². The fourth-order valence-corrected chi connectivity index (χ4v) is 4.58. The molecule has 0 saturated carbocycles. The number of aliphatic hydroxyl groups is 1. The highest BCUT2D eigenvalue weighted by Crippen LogP contribution is 2.34. The quantitative estimate of drug-likeness (QED) is 0.309. The third-order valence-corrected chi connectivity index (χ3v) is 6.68. The fourth-order valence-electron chi connectivity index (χ4n) is 4.58. The van der Waals surface area contributed by atoms with E-state index in [4.69, 9.17) is 14.2 Å². The Morgan fingerprint density at radius 3 is 2.38 bits per heavy atom. The van der Waals surface area contributed by atoms with Gasteiger partial charge in [-0.3, -0.25) is 19.1 Å². The van der Waals surface area contributed by atoms with Crippen molar-refractivity contribution in [1.82, 2.24) is 14.9 Å². The predicted octanol–water partition coefficient (Wildman–Crippen LogP) is 3.28. The van der Waals surface area contributed by atoms with Crippen LogP contribution in [0.1, 0.15) is 53.5 Å². The van der Waals surface area contributed by atoms with Gasteiger partial charge in [-0.25, -0.2) is 4.79 Å². The van der Waals surface area contributed by atoms with E-state index in [0.29, 0.717) is 0 Å². The van der Waals surface area contributed by atoms with Gasteiger partial charge in [0.25, 0.3) is 11.5 Å². The average Bonchev–Trinajstić information content (AvgIpc) is 3.25. The lowest BCUT2D eigenvalue weighted by atomic mass is 10.0. The number of ether oxygens (including phenoxy) is 3. The smallest absolute Gasteiger partial charge is 0.369 e. The number of carbonyl (C=O) groups is 1. The minimum Gasteiger partial charge on any atom is -0.369 e. The van der Waals surface area contributed by atoms with Crippen molar-refractivity contribution in [2.75, 3.05) is 6.61 Å². The number of nitrogens with zero attached hydrogens (tertiary/aromatic N) is 1. The van der Waals surface area contributed by atoms with Crippen LogP contribution in [0.25, 0.3) is 0 Å². The zero-order valence-electron chi connectivity index (χ0n) is 23.2. The maximum atomic E-state index is 13.3. The highest BCUT2D eigenvalue weighted by atomic mass is 19.4. The molecule has 42 heavy (non-hydrogen) atoms. The van der Waals surface area contributed by atoms with E-state index < -0.39 is 59.2 Å². The minimum absolute atomic E-state index is 0.0329. The number of hydrogen-bond donors (Lipinski definition) is 3. The van der Waals surface area contributed by atoms with E-state index in [1.165, 1.54) is 27.0 Å². The molecule has 3 aromatic rings. The van der Waals surface area contributed by atoms with Crippen molar-refractivity contribution in [2.45, 2.75) is 70.2 Å². The molecule has 1 amide bonds. The third-order valence-electron chi connectivity index (χ3n) is 6.68. The van der Waals surface area contributed by atoms with E-state index >= 15 is 0 Å². The van der Waals surface area contributed by atoms with Gasteiger partial charge in [0.1, 0.15) is 12.1 Å². The summed E-state index contributed by atoms with van der Waals surface area (Å²) in [4.78, 5) is 40.4. The molecule has 4 rings (SSSR count). The van der Waals surface area contributed by atoms with Gasteiger partial charge in [-0.2, -0.15) is 13.2 Å². The Labute approximate surface area is 239 Å². The number of benzene rings is 2. The molecule has 2 heterocycles. The molecule has 3 N–H and O–H groups in total. The highest BCUT2D eigenvalue weighted by molar-refractivity contribution is 5.94. The molecule has 226 valence electrons. The molecule has 4 atom stereocenters. The van der Waals surface area contributed by atoms with Gasteiger partial charge in [0.2, 0.25) is 0 Å². The standard InChI is InChI=1S/C29H32F3N3O7/c1-17-15-35(27(38)34-24(17)36)26-22(33-25(37)19-9-11-20(12-10-19)29(30,31)32)23(40-16-18-7-5-4-6-8-18)21(42-26)13-14-41-28(2,3)39/h4-12,15,21-23,26,39H,13-14,16H2,1-3H3,(H,33,37)(H,34,36,38)/t21?,22-,23-,26-/m1/s1. The molecule has 0 aliphatic carbocycles. The zero-order valence-corrected chi connectivity index (χ0v) is 23.2. The molecule has 1 saturated heterocycles. The Balaban J connectivity index is 1.69. The first-order valence-electron chi connectivity index (χ1n) is 13.2. The second-order valence-corrected chi connectivity index (χ2v) is 10.5. The van der Waals surface area contributed by atoms with Crippen molar-refractivity contribution in [3.05, 3.63) is 104 Å². The Bertz CT molecular complexity index is 1480. The molecule has 1 fully saturated rings. The number of nitrogens with one attached hydrogen (secondary N) is 2. The fraction of sp³-hybridized carbons (Fsp3) is 0.414. The van der Waals surface area contributed by atoms with Crippen molar-refractivity contribution >= 4 is 5.91 Å². The molecule has 1 aliphatic rings. The monoisotopic (exact) mass is 591 g/mol. The summed E-state index contributed by atoms with van der Waals surface area (Å²) in [5, 5.41) is 12.8. The third kappa shape index (κ3) is 7.73. The number of rotatable bonds is 10. The summed E-state index contributed by atoms with van der Waals surface area (Å²) in [5.74, 6) is -2.15. The Morgan fingerprint density at radius 2 is 1.76 bits per heavy atom. The summed E-state index contributed by atoms with van der Waals surface area (Å²) >= 11 is 0. The van der Waals surface area contributed by atoms with E-state index in [1.807, 2.05) is 30.3 Å². The molecule has 0 radical (unpaired) electrons. The molecule has 2 aromatic carbocycles. The number of carbonyl (C=O) groups excluding carboxylic acids is 1. The molecule has 0 spiro atoms. The number of hydrogen-bond acceptors (Lipinski definition) is 7. The van der Waals surface area contributed by atoms with Gasteiger partial charge < -0.3 is 24.6 Å². The number of aryl methyl sites for hydroxylation is 1. The number of alkyl halides is 3. The molecular weight excluding hydrogens is 559 g/mol. The lowest BCUT2D eigenvalue weighted by Crippen LogP contribution is -2.49. The summed E-state index contributed by atoms with van der Waals surface area (Å²) in [6.07, 6.45) is -5.90. The van der Waals surface area contributed by atoms with Crippen LogP contribution in [0.15, 0.2) is 70.4 Å². The van der Waals surface area contributed by atoms with E-state index in [-0.39, 0.29) is 30.8 Å². The van der Waals surface area contributed by atoms with Crippen molar-refractivity contribution < 1.29 is 37.3 Å². The summed E-state index contributed by atoms with van der Waals surface area (Å²) in [7, 11) is 0. The number of halogens is 3. The summed E-state index contributed by atoms with van der Waals surface area (Å²) in [6.45, 7) is 4.56. The molecule has 13 heteroatoms. The molecule has 10 nitrogen and oxygen atoms in total. The van der Waals surface area contributed by atoms with E-state index in [0.717, 1.165) is 34.4 Å². The molecule has 0 bridgehead atoms. The van der Waals surface area contributed by atoms with Gasteiger partial charge in [-0.05, 0) is 57.0 Å². The van der Waals surface area contributed by atoms with Crippen LogP contribution in [0.4, 0.5) is 13.2 Å². The van der Waals surface area contributed by atoms with Gasteiger partial charge in [-0.1, -0.05) is 30.3 Å². The van der Waals surface area contributed by atoms with Crippen LogP contribution in [0.2, 0.25) is 0 Å². The number of H-pyrrole nitrogens is 1. The van der Waals surface area contributed by atoms with Crippen molar-refractivity contribution in [3.63, 3.8) is 0 Å². The van der Waals surface area contributed by atoms with Gasteiger partial charge >= 0.3 is 11.9 Å². The highest BCUT2D eigenvalue weighted by Gasteiger charge is 2.47. The van der Waals surface area contributed by atoms with Gasteiger partial charge in [0.05, 0.1) is 24.9 Å². The minimum atomic E-state index is -4.57. The SMILES string of the molecule is Cc1cn([C@@H]2OC(CCOC(C)(C)O)[C@@H](OCc3ccccc3)[C@H]2NC(=O)c2ccc(C(F)(F)F)cc2)c(=O)[nH]c1=O. The Morgan fingerprint density at radius 1 is 1.10 bits per heavy atom. The second-order valence-electron chi connectivity index (χ2n) is 10.5. The topological polar surface area (TPSA) is 132 Å². The second kappa shape index (κ2) is 12.6. The lowest BCUT2D eigenvalue weighted by Gasteiger charge is -2.27. The normalized spacial score (nSPS) is 20.9. The summed E-state index contributed by atoms with van der Waals surface area (Å²) in [6, 6.07) is 11.8. The molecule has 1 aromatic heterocycles. The average molecular weight is 592 g/mol. The van der Waals surface area contributed by atoms with Crippen molar-refractivity contribution in [1.29, 1.82) is 0 Å². The summed E-state index contributed by atoms with van der Waals surface area (Å²) < 4.78 is 58.3. The van der Waals surface area contributed by atoms with E-state index in [1.54, 1.807) is 0 Å². The Kier molecular flexibility index (Phi) is 9.36. The van der Waals surface area contributed by atoms with E-state index in [9.17, 15) is 32.7 Å². The van der Waals surface area contributed by atoms with Gasteiger partial charge in [-0.15, -0.1) is 0 Å². The predicted molar refractivity (Wildman–Crippen MR) is 145 cm³/mol. The number of amides is 1. The number of aromatic nitrogens is 2. The first kappa shape index (κ1) is 31.2. The van der Waals surface area contributed by atoms with Crippen LogP contribution in [0, 0.1) is 6.92 Å². The first-order valence-corrected chi connectivity index (χ1v) is 13.2. The zero-order chi connectivity index (χ0) is 30.7. The molecule has 1 unspecified atom stereocenters. The Hall–Kier alpha value is -3.78. The van der Waals surface area contributed by atoms with Crippen molar-refractivity contribution in [2.24, 2.45) is 0 Å². The van der Waals surface area contributed by atoms with Crippen LogP contribution in [0.5, 0.6) is 0 Å². The maximum Gasteiger partial charge on any atom is 0.416 e. The van der Waals surface area contributed by atoms with Gasteiger partial charge in [0, 0.05) is 17.3 Å². The van der Waals surface area contributed by atoms with Crippen LogP contribution < -0.4 is 16.6 Å². The van der Waals surface area contributed by atoms with Gasteiger partial charge in [0.15, 0.2) is 12.0 Å². The van der Waals surface area contributed by atoms with Crippen molar-refractivity contribution in [3.8, 4) is 0 Å². The molecular formula is C29H32F3N3O7. The number of aromatic amines is 1. The largest absolute Gasteiger partial charge is 0.416 e. The molecule has 1 aliphatic heterocycles. The van der Waals surface area contributed by atoms with Crippen LogP contribution in [-0.2, 0) is 27.0 Å². The van der Waals surface area contributed by atoms with Crippen LogP contribution in [-0.4, -0.2) is 51.2 Å². The maximum absolute atomic E-state index is 13.3.